The maximum atomic E-state index is 12.8. The normalized spacial score (nSPS) is 11.0. The van der Waals surface area contributed by atoms with Crippen molar-refractivity contribution < 1.29 is 22.8 Å². The van der Waals surface area contributed by atoms with Crippen LogP contribution in [0.15, 0.2) is 48.5 Å². The van der Waals surface area contributed by atoms with Crippen LogP contribution in [-0.4, -0.2) is 11.8 Å². The number of carbonyl (C=O) groups is 2. The van der Waals surface area contributed by atoms with E-state index < -0.39 is 29.2 Å². The second-order valence-corrected chi connectivity index (χ2v) is 5.25. The van der Waals surface area contributed by atoms with Gasteiger partial charge in [-0.25, -0.2) is 0 Å². The molecule has 2 rings (SSSR count). The summed E-state index contributed by atoms with van der Waals surface area (Å²) in [6.07, 6.45) is -4.64. The van der Waals surface area contributed by atoms with Crippen LogP contribution in [-0.2, 0) is 22.3 Å². The highest BCUT2D eigenvalue weighted by atomic mass is 35.5. The van der Waals surface area contributed by atoms with E-state index in [4.69, 9.17) is 11.6 Å². The molecule has 0 aliphatic carbocycles. The molecule has 2 N–H and O–H groups in total. The Balaban J connectivity index is 2.01. The molecule has 0 fully saturated rings. The summed E-state index contributed by atoms with van der Waals surface area (Å²) in [5.41, 5.74) is -0.853. The zero-order valence-electron chi connectivity index (χ0n) is 12.2. The van der Waals surface area contributed by atoms with Crippen LogP contribution in [0.4, 0.5) is 18.9 Å². The lowest BCUT2D eigenvalue weighted by atomic mass is 10.1. The first-order valence-corrected chi connectivity index (χ1v) is 7.15. The maximum Gasteiger partial charge on any atom is 0.418 e. The molecule has 0 saturated heterocycles. The van der Waals surface area contributed by atoms with Gasteiger partial charge in [-0.05, 0) is 29.8 Å². The van der Waals surface area contributed by atoms with E-state index >= 15 is 0 Å². The molecule has 4 nitrogen and oxygen atoms in total. The highest BCUT2D eigenvalue weighted by Crippen LogP contribution is 2.34. The third kappa shape index (κ3) is 4.73. The van der Waals surface area contributed by atoms with Crippen molar-refractivity contribution in [3.63, 3.8) is 0 Å². The van der Waals surface area contributed by atoms with Gasteiger partial charge in [-0.15, -0.1) is 0 Å². The monoisotopic (exact) mass is 356 g/mol. The van der Waals surface area contributed by atoms with Gasteiger partial charge >= 0.3 is 18.0 Å². The summed E-state index contributed by atoms with van der Waals surface area (Å²) in [4.78, 5) is 23.5. The van der Waals surface area contributed by atoms with Gasteiger partial charge in [-0.2, -0.15) is 13.2 Å². The second kappa shape index (κ2) is 7.35. The highest BCUT2D eigenvalue weighted by molar-refractivity contribution is 6.39. The van der Waals surface area contributed by atoms with Crippen LogP contribution in [0.25, 0.3) is 0 Å². The highest BCUT2D eigenvalue weighted by Gasteiger charge is 2.33. The van der Waals surface area contributed by atoms with Crippen LogP contribution in [0.5, 0.6) is 0 Å². The van der Waals surface area contributed by atoms with Gasteiger partial charge in [0.1, 0.15) is 0 Å². The fourth-order valence-corrected chi connectivity index (χ4v) is 2.14. The number of halogens is 4. The van der Waals surface area contributed by atoms with E-state index in [1.165, 1.54) is 12.1 Å². The zero-order valence-corrected chi connectivity index (χ0v) is 12.9. The molecule has 0 unspecified atom stereocenters. The van der Waals surface area contributed by atoms with Crippen LogP contribution in [0.2, 0.25) is 5.02 Å². The van der Waals surface area contributed by atoms with Crippen molar-refractivity contribution in [2.75, 3.05) is 5.32 Å². The van der Waals surface area contributed by atoms with Crippen LogP contribution in [0.1, 0.15) is 11.1 Å². The third-order valence-electron chi connectivity index (χ3n) is 3.03. The second-order valence-electron chi connectivity index (χ2n) is 4.81. The molecule has 0 atom stereocenters. The topological polar surface area (TPSA) is 58.2 Å². The van der Waals surface area contributed by atoms with Crippen molar-refractivity contribution in [1.29, 1.82) is 0 Å². The first kappa shape index (κ1) is 17.8. The van der Waals surface area contributed by atoms with E-state index in [1.54, 1.807) is 24.3 Å². The van der Waals surface area contributed by atoms with Gasteiger partial charge in [-0.1, -0.05) is 35.9 Å². The number of nitrogens with one attached hydrogen (secondary N) is 2. The summed E-state index contributed by atoms with van der Waals surface area (Å²) in [6.45, 7) is 0.0216. The summed E-state index contributed by atoms with van der Waals surface area (Å²) >= 11 is 5.79. The minimum Gasteiger partial charge on any atom is -0.344 e. The number of para-hydroxylation sites is 1. The maximum absolute atomic E-state index is 12.8. The molecule has 0 aliphatic heterocycles. The van der Waals surface area contributed by atoms with E-state index in [-0.39, 0.29) is 6.54 Å². The minimum atomic E-state index is -4.64. The number of alkyl halides is 3. The van der Waals surface area contributed by atoms with E-state index in [0.29, 0.717) is 10.6 Å². The lowest BCUT2D eigenvalue weighted by molar-refractivity contribution is -0.138. The Morgan fingerprint density at radius 3 is 2.38 bits per heavy atom. The Morgan fingerprint density at radius 2 is 1.71 bits per heavy atom. The van der Waals surface area contributed by atoms with Crippen molar-refractivity contribution in [2.24, 2.45) is 0 Å². The van der Waals surface area contributed by atoms with E-state index in [1.807, 2.05) is 5.32 Å². The Kier molecular flexibility index (Phi) is 5.46. The summed E-state index contributed by atoms with van der Waals surface area (Å²) in [7, 11) is 0. The number of benzene rings is 2. The van der Waals surface area contributed by atoms with Gasteiger partial charge < -0.3 is 10.6 Å². The van der Waals surface area contributed by atoms with Crippen LogP contribution in [0.3, 0.4) is 0 Å². The molecule has 2 amide bonds. The fourth-order valence-electron chi connectivity index (χ4n) is 1.93. The molecule has 0 spiro atoms. The largest absolute Gasteiger partial charge is 0.418 e. The number of carbonyl (C=O) groups excluding carboxylic acids is 2. The molecule has 0 aromatic heterocycles. The Labute approximate surface area is 140 Å². The average Bonchev–Trinajstić information content (AvgIpc) is 2.52. The van der Waals surface area contributed by atoms with Gasteiger partial charge in [0.15, 0.2) is 0 Å². The van der Waals surface area contributed by atoms with E-state index in [9.17, 15) is 22.8 Å². The smallest absolute Gasteiger partial charge is 0.344 e. The summed E-state index contributed by atoms with van der Waals surface area (Å²) in [6, 6.07) is 11.0. The third-order valence-corrected chi connectivity index (χ3v) is 3.26. The Morgan fingerprint density at radius 1 is 1.00 bits per heavy atom. The molecule has 0 heterocycles. The van der Waals surface area contributed by atoms with E-state index in [0.717, 1.165) is 12.1 Å². The van der Waals surface area contributed by atoms with Gasteiger partial charge in [0, 0.05) is 11.6 Å². The predicted octanol–water partition coefficient (Wildman–Crippen LogP) is 3.61. The molecular formula is C16H12ClF3N2O2. The quantitative estimate of drug-likeness (QED) is 0.825. The molecule has 24 heavy (non-hydrogen) atoms. The number of hydrogen-bond donors (Lipinski definition) is 2. The van der Waals surface area contributed by atoms with Crippen LogP contribution < -0.4 is 10.6 Å². The minimum absolute atomic E-state index is 0.0216. The molecule has 8 heteroatoms. The summed E-state index contributed by atoms with van der Waals surface area (Å²) < 4.78 is 38.5. The number of rotatable bonds is 3. The van der Waals surface area contributed by atoms with Crippen molar-refractivity contribution in [2.45, 2.75) is 12.7 Å². The molecule has 126 valence electrons. The lowest BCUT2D eigenvalue weighted by Crippen LogP contribution is -2.35. The lowest BCUT2D eigenvalue weighted by Gasteiger charge is -2.13. The average molecular weight is 357 g/mol. The molecule has 0 bridgehead atoms. The van der Waals surface area contributed by atoms with Crippen molar-refractivity contribution in [3.05, 3.63) is 64.7 Å². The van der Waals surface area contributed by atoms with Crippen LogP contribution in [0, 0.1) is 0 Å². The molecule has 0 saturated carbocycles. The summed E-state index contributed by atoms with van der Waals surface area (Å²) in [5, 5.41) is 4.74. The van der Waals surface area contributed by atoms with Crippen LogP contribution >= 0.6 is 11.6 Å². The fraction of sp³-hybridized carbons (Fsp3) is 0.125. The van der Waals surface area contributed by atoms with Crippen molar-refractivity contribution in [3.8, 4) is 0 Å². The Bertz CT molecular complexity index is 763. The summed E-state index contributed by atoms with van der Waals surface area (Å²) in [5.74, 6) is -2.24. The molecule has 0 aliphatic rings. The van der Waals surface area contributed by atoms with E-state index in [2.05, 4.69) is 5.32 Å². The number of amides is 2. The number of hydrogen-bond acceptors (Lipinski definition) is 2. The van der Waals surface area contributed by atoms with Crippen molar-refractivity contribution >= 4 is 29.1 Å². The molecular weight excluding hydrogens is 345 g/mol. The molecule has 2 aromatic carbocycles. The van der Waals surface area contributed by atoms with Crippen molar-refractivity contribution in [1.82, 2.24) is 5.32 Å². The van der Waals surface area contributed by atoms with Gasteiger partial charge in [0.05, 0.1) is 11.3 Å². The Hall–Kier alpha value is -2.54. The van der Waals surface area contributed by atoms with Gasteiger partial charge in [-0.3, -0.25) is 9.59 Å². The SMILES string of the molecule is O=C(NCc1cccc(Cl)c1)C(=O)Nc1ccccc1C(F)(F)F. The zero-order chi connectivity index (χ0) is 17.7. The predicted molar refractivity (Wildman–Crippen MR) is 83.4 cm³/mol. The standard InChI is InChI=1S/C16H12ClF3N2O2/c17-11-5-3-4-10(8-11)9-21-14(23)15(24)22-13-7-2-1-6-12(13)16(18,19)20/h1-8H,9H2,(H,21,23)(H,22,24). The molecule has 0 radical (unpaired) electrons. The first-order chi connectivity index (χ1) is 11.3. The molecule has 2 aromatic rings. The number of anilines is 1. The van der Waals surface area contributed by atoms with Gasteiger partial charge in [0.2, 0.25) is 0 Å². The van der Waals surface area contributed by atoms with Gasteiger partial charge in [0.25, 0.3) is 0 Å². The first-order valence-electron chi connectivity index (χ1n) is 6.77.